The van der Waals surface area contributed by atoms with Crippen LogP contribution in [-0.4, -0.2) is 67.5 Å². The molecule has 0 N–H and O–H groups in total. The maximum Gasteiger partial charge on any atom is 0.428 e. The van der Waals surface area contributed by atoms with Crippen LogP contribution < -0.4 is 4.90 Å². The van der Waals surface area contributed by atoms with Gasteiger partial charge in [0.25, 0.3) is 0 Å². The van der Waals surface area contributed by atoms with Crippen molar-refractivity contribution in [3.8, 4) is 11.9 Å². The first-order chi connectivity index (χ1) is 18.8. The van der Waals surface area contributed by atoms with Gasteiger partial charge in [0, 0.05) is 37.6 Å². The van der Waals surface area contributed by atoms with E-state index < -0.39 is 41.7 Å². The van der Waals surface area contributed by atoms with Gasteiger partial charge in [0.2, 0.25) is 5.60 Å². The number of alkyl halides is 6. The molecule has 0 radical (unpaired) electrons. The largest absolute Gasteiger partial charge is 0.433 e. The molecule has 1 aliphatic carbocycles. The van der Waals surface area contributed by atoms with Gasteiger partial charge in [-0.1, -0.05) is 0 Å². The number of pyridine rings is 1. The summed E-state index contributed by atoms with van der Waals surface area (Å²) >= 11 is 0. The van der Waals surface area contributed by atoms with Crippen LogP contribution in [0.5, 0.6) is 0 Å². The molecule has 1 saturated heterocycles. The van der Waals surface area contributed by atoms with E-state index in [4.69, 9.17) is 4.74 Å². The molecule has 9 nitrogen and oxygen atoms in total. The SMILES string of the molecule is C[C@@H]1CN(c2ncnc3c2c(C(F)(F)F)cn3-c2cc(C#N)ccn2)[C@@H](C)CN1C(=O)OC1(C(F)(F)F)CCC1. The van der Waals surface area contributed by atoms with Gasteiger partial charge in [-0.3, -0.25) is 4.57 Å². The molecule has 0 bridgehead atoms. The van der Waals surface area contributed by atoms with Crippen LogP contribution in [0.25, 0.3) is 16.9 Å². The molecule has 1 amide bonds. The lowest BCUT2D eigenvalue weighted by Crippen LogP contribution is -2.61. The molecule has 0 spiro atoms. The summed E-state index contributed by atoms with van der Waals surface area (Å²) in [7, 11) is 0. The number of nitrogens with zero attached hydrogens (tertiary/aromatic N) is 7. The predicted octanol–water partition coefficient (Wildman–Crippen LogP) is 5.23. The number of piperazine rings is 1. The fourth-order valence-corrected chi connectivity index (χ4v) is 5.12. The fraction of sp³-hybridized carbons (Fsp3) is 0.480. The Hall–Kier alpha value is -4.09. The Bertz CT molecular complexity index is 1490. The molecular weight excluding hydrogens is 544 g/mol. The van der Waals surface area contributed by atoms with Crippen molar-refractivity contribution in [1.82, 2.24) is 24.4 Å². The Morgan fingerprint density at radius 3 is 2.42 bits per heavy atom. The van der Waals surface area contributed by atoms with Gasteiger partial charge >= 0.3 is 18.4 Å². The number of carbonyl (C=O) groups is 1. The van der Waals surface area contributed by atoms with Crippen molar-refractivity contribution >= 4 is 22.9 Å². The van der Waals surface area contributed by atoms with Gasteiger partial charge in [0.15, 0.2) is 5.65 Å². The van der Waals surface area contributed by atoms with Crippen LogP contribution in [0.4, 0.5) is 37.0 Å². The van der Waals surface area contributed by atoms with Crippen LogP contribution >= 0.6 is 0 Å². The second kappa shape index (κ2) is 9.53. The number of ether oxygens (including phenoxy) is 1. The van der Waals surface area contributed by atoms with E-state index in [1.807, 2.05) is 6.07 Å². The minimum Gasteiger partial charge on any atom is -0.433 e. The Morgan fingerprint density at radius 2 is 1.82 bits per heavy atom. The number of hydrogen-bond acceptors (Lipinski definition) is 7. The van der Waals surface area contributed by atoms with Crippen LogP contribution in [-0.2, 0) is 10.9 Å². The third-order valence-corrected chi connectivity index (χ3v) is 7.44. The lowest BCUT2D eigenvalue weighted by atomic mass is 9.79. The Kier molecular flexibility index (Phi) is 6.54. The number of amides is 1. The van der Waals surface area contributed by atoms with Crippen molar-refractivity contribution in [2.75, 3.05) is 18.0 Å². The number of fused-ring (bicyclic) bond motifs is 1. The molecule has 2 aliphatic rings. The summed E-state index contributed by atoms with van der Waals surface area (Å²) in [5.74, 6) is -0.00148. The summed E-state index contributed by atoms with van der Waals surface area (Å²) in [5.41, 5.74) is -3.45. The topological polar surface area (TPSA) is 100 Å². The molecule has 3 aromatic rings. The summed E-state index contributed by atoms with van der Waals surface area (Å²) in [6, 6.07) is 3.32. The molecule has 5 rings (SSSR count). The standard InChI is InChI=1S/C25H23F6N7O2/c1-14-11-37(22(39)40-23(5-3-6-23)25(29,30)31)15(2)10-36(14)20-19-17(24(26,27)28)12-38(21(19)35-13-34-20)18-8-16(9-32)4-7-33-18/h4,7-8,12-15H,3,5-6,10-11H2,1-2H3/t14-,15+/m0/s1. The van der Waals surface area contributed by atoms with Crippen LogP contribution in [0, 0.1) is 11.3 Å². The van der Waals surface area contributed by atoms with E-state index in [-0.39, 0.29) is 60.6 Å². The van der Waals surface area contributed by atoms with E-state index in [1.54, 1.807) is 18.7 Å². The first kappa shape index (κ1) is 27.5. The second-order valence-electron chi connectivity index (χ2n) is 10.0. The third-order valence-electron chi connectivity index (χ3n) is 7.44. The number of aromatic nitrogens is 4. The quantitative estimate of drug-likeness (QED) is 0.400. The minimum atomic E-state index is -4.80. The van der Waals surface area contributed by atoms with E-state index in [9.17, 15) is 36.4 Å². The fourth-order valence-electron chi connectivity index (χ4n) is 5.12. The molecule has 0 aromatic carbocycles. The molecule has 0 unspecified atom stereocenters. The summed E-state index contributed by atoms with van der Waals surface area (Å²) < 4.78 is 89.5. The number of carbonyl (C=O) groups excluding carboxylic acids is 1. The van der Waals surface area contributed by atoms with Gasteiger partial charge < -0.3 is 14.5 Å². The third kappa shape index (κ3) is 4.54. The lowest BCUT2D eigenvalue weighted by molar-refractivity contribution is -0.286. The highest BCUT2D eigenvalue weighted by Crippen LogP contribution is 2.48. The molecule has 3 aromatic heterocycles. The zero-order valence-electron chi connectivity index (χ0n) is 21.3. The second-order valence-corrected chi connectivity index (χ2v) is 10.0. The molecule has 2 fully saturated rings. The van der Waals surface area contributed by atoms with E-state index in [2.05, 4.69) is 15.0 Å². The molecule has 4 heterocycles. The number of hydrogen-bond donors (Lipinski definition) is 0. The first-order valence-corrected chi connectivity index (χ1v) is 12.4. The van der Waals surface area contributed by atoms with Crippen LogP contribution in [0.15, 0.2) is 30.9 Å². The Labute approximate surface area is 224 Å². The van der Waals surface area contributed by atoms with Gasteiger partial charge in [-0.25, -0.2) is 19.7 Å². The Morgan fingerprint density at radius 1 is 1.10 bits per heavy atom. The van der Waals surface area contributed by atoms with Crippen molar-refractivity contribution in [3.63, 3.8) is 0 Å². The first-order valence-electron chi connectivity index (χ1n) is 12.4. The monoisotopic (exact) mass is 567 g/mol. The summed E-state index contributed by atoms with van der Waals surface area (Å²) in [6.07, 6.45) is -7.72. The normalized spacial score (nSPS) is 21.2. The molecule has 15 heteroatoms. The van der Waals surface area contributed by atoms with Crippen molar-refractivity contribution in [3.05, 3.63) is 42.0 Å². The number of nitriles is 1. The molecule has 1 saturated carbocycles. The van der Waals surface area contributed by atoms with E-state index in [0.717, 1.165) is 17.1 Å². The molecule has 2 atom stereocenters. The maximum absolute atomic E-state index is 14.3. The highest BCUT2D eigenvalue weighted by Gasteiger charge is 2.62. The van der Waals surface area contributed by atoms with E-state index in [0.29, 0.717) is 0 Å². The molecular formula is C25H23F6N7O2. The summed E-state index contributed by atoms with van der Waals surface area (Å²) in [4.78, 5) is 27.9. The van der Waals surface area contributed by atoms with Crippen molar-refractivity contribution in [1.29, 1.82) is 5.26 Å². The maximum atomic E-state index is 14.3. The van der Waals surface area contributed by atoms with Gasteiger partial charge in [-0.15, -0.1) is 0 Å². The molecule has 212 valence electrons. The number of halogens is 6. The highest BCUT2D eigenvalue weighted by molar-refractivity contribution is 5.93. The van der Waals surface area contributed by atoms with Crippen LogP contribution in [0.3, 0.4) is 0 Å². The van der Waals surface area contributed by atoms with Gasteiger partial charge in [-0.2, -0.15) is 31.6 Å². The molecule has 1 aliphatic heterocycles. The highest BCUT2D eigenvalue weighted by atomic mass is 19.4. The zero-order valence-corrected chi connectivity index (χ0v) is 21.3. The molecule has 40 heavy (non-hydrogen) atoms. The zero-order chi connectivity index (χ0) is 29.0. The average Bonchev–Trinajstić information content (AvgIpc) is 3.27. The minimum absolute atomic E-state index is 0.0218. The smallest absolute Gasteiger partial charge is 0.428 e. The van der Waals surface area contributed by atoms with Gasteiger partial charge in [0.05, 0.1) is 22.6 Å². The summed E-state index contributed by atoms with van der Waals surface area (Å²) in [6.45, 7) is 3.08. The lowest BCUT2D eigenvalue weighted by Gasteiger charge is -2.47. The van der Waals surface area contributed by atoms with Gasteiger partial charge in [0.1, 0.15) is 18.0 Å². The van der Waals surface area contributed by atoms with E-state index >= 15 is 0 Å². The average molecular weight is 567 g/mol. The predicted molar refractivity (Wildman–Crippen MR) is 128 cm³/mol. The van der Waals surface area contributed by atoms with Crippen molar-refractivity contribution < 1.29 is 35.9 Å². The summed E-state index contributed by atoms with van der Waals surface area (Å²) in [5, 5.41) is 8.91. The Balaban J connectivity index is 1.50. The van der Waals surface area contributed by atoms with Crippen LogP contribution in [0.2, 0.25) is 0 Å². The number of anilines is 1. The van der Waals surface area contributed by atoms with Crippen molar-refractivity contribution in [2.24, 2.45) is 0 Å². The van der Waals surface area contributed by atoms with Gasteiger partial charge in [-0.05, 0) is 45.2 Å². The van der Waals surface area contributed by atoms with E-state index in [1.165, 1.54) is 23.2 Å². The van der Waals surface area contributed by atoms with Crippen molar-refractivity contribution in [2.45, 2.75) is 63.1 Å². The van der Waals surface area contributed by atoms with Crippen LogP contribution in [0.1, 0.15) is 44.2 Å². The number of rotatable bonds is 3.